The molecule has 1 atom stereocenters. The summed E-state index contributed by atoms with van der Waals surface area (Å²) in [5.74, 6) is 0.202. The number of hydrogen-bond donors (Lipinski definition) is 2. The lowest BCUT2D eigenvalue weighted by molar-refractivity contribution is -0.123. The molecule has 3 aromatic carbocycles. The molecule has 0 aliphatic heterocycles. The van der Waals surface area contributed by atoms with Crippen molar-refractivity contribution in [1.82, 2.24) is 15.3 Å². The number of amides is 1. The molecule has 0 fully saturated rings. The van der Waals surface area contributed by atoms with Crippen LogP contribution in [0.5, 0.6) is 11.5 Å². The van der Waals surface area contributed by atoms with Gasteiger partial charge in [0.25, 0.3) is 5.91 Å². The Balaban J connectivity index is 1.50. The summed E-state index contributed by atoms with van der Waals surface area (Å²) in [6, 6.07) is 25.2. The van der Waals surface area contributed by atoms with Crippen molar-refractivity contribution in [3.05, 3.63) is 120 Å². The number of halogens is 1. The van der Waals surface area contributed by atoms with E-state index in [9.17, 15) is 9.90 Å². The van der Waals surface area contributed by atoms with Crippen LogP contribution in [0.15, 0.2) is 104 Å². The number of aromatic nitrogens is 2. The first kappa shape index (κ1) is 23.3. The number of fused-ring (bicyclic) bond motifs is 1. The van der Waals surface area contributed by atoms with E-state index in [2.05, 4.69) is 15.3 Å². The molecule has 1 amide bonds. The van der Waals surface area contributed by atoms with Crippen molar-refractivity contribution < 1.29 is 14.6 Å². The number of phenols is 1. The first-order valence-electron chi connectivity index (χ1n) is 11.3. The van der Waals surface area contributed by atoms with Gasteiger partial charge in [-0.2, -0.15) is 0 Å². The first-order valence-corrected chi connectivity index (χ1v) is 11.7. The van der Waals surface area contributed by atoms with Crippen molar-refractivity contribution in [3.63, 3.8) is 0 Å². The number of rotatable bonds is 7. The Hall–Kier alpha value is -4.42. The van der Waals surface area contributed by atoms with E-state index in [1.54, 1.807) is 48.9 Å². The van der Waals surface area contributed by atoms with Crippen molar-refractivity contribution in [1.29, 1.82) is 0 Å². The van der Waals surface area contributed by atoms with Gasteiger partial charge in [0.1, 0.15) is 17.0 Å². The van der Waals surface area contributed by atoms with Crippen molar-refractivity contribution >= 4 is 28.4 Å². The zero-order chi connectivity index (χ0) is 24.9. The molecule has 0 bridgehead atoms. The number of ether oxygens (including phenoxy) is 1. The van der Waals surface area contributed by atoms with Gasteiger partial charge in [-0.05, 0) is 59.2 Å². The molecule has 0 aliphatic rings. The van der Waals surface area contributed by atoms with Crippen LogP contribution in [-0.4, -0.2) is 27.6 Å². The molecule has 178 valence electrons. The highest BCUT2D eigenvalue weighted by molar-refractivity contribution is 6.35. The maximum absolute atomic E-state index is 12.9. The van der Waals surface area contributed by atoms with Crippen LogP contribution in [0.2, 0.25) is 5.02 Å². The quantitative estimate of drug-likeness (QED) is 0.292. The van der Waals surface area contributed by atoms with Gasteiger partial charge < -0.3 is 15.2 Å². The minimum atomic E-state index is -0.688. The third kappa shape index (κ3) is 4.99. The average Bonchev–Trinajstić information content (AvgIpc) is 2.94. The minimum absolute atomic E-state index is 0.0394. The van der Waals surface area contributed by atoms with Crippen LogP contribution in [0.3, 0.4) is 0 Å². The number of benzene rings is 3. The number of nitrogens with one attached hydrogen (secondary N) is 1. The van der Waals surface area contributed by atoms with E-state index >= 15 is 0 Å². The Morgan fingerprint density at radius 2 is 1.64 bits per heavy atom. The second kappa shape index (κ2) is 10.5. The molecule has 2 heterocycles. The van der Waals surface area contributed by atoms with Crippen molar-refractivity contribution in [2.24, 2.45) is 0 Å². The number of nitrogens with zero attached hydrogens (tertiary/aromatic N) is 2. The molecular formula is C29H22ClN3O3. The van der Waals surface area contributed by atoms with Crippen LogP contribution >= 0.6 is 11.6 Å². The molecule has 0 spiro atoms. The summed E-state index contributed by atoms with van der Waals surface area (Å²) in [4.78, 5) is 21.3. The monoisotopic (exact) mass is 495 g/mol. The predicted octanol–water partition coefficient (Wildman–Crippen LogP) is 5.94. The lowest BCUT2D eigenvalue weighted by Crippen LogP contribution is -2.33. The predicted molar refractivity (Wildman–Crippen MR) is 140 cm³/mol. The Morgan fingerprint density at radius 3 is 2.39 bits per heavy atom. The second-order valence-corrected chi connectivity index (χ2v) is 8.56. The largest absolute Gasteiger partial charge is 0.505 e. The summed E-state index contributed by atoms with van der Waals surface area (Å²) < 4.78 is 5.62. The third-order valence-electron chi connectivity index (χ3n) is 5.83. The van der Waals surface area contributed by atoms with Crippen LogP contribution in [-0.2, 0) is 4.79 Å². The molecule has 6 nitrogen and oxygen atoms in total. The highest BCUT2D eigenvalue weighted by Gasteiger charge is 2.23. The number of phenolic OH excluding ortho intramolecular Hbond substituents is 1. The SMILES string of the molecule is O=C(COc1ccccc1)NC(c1ccc(-c2ccncc2)cc1)c1cc(Cl)c2cccnc2c1O. The Bertz CT molecular complexity index is 1490. The molecule has 5 aromatic rings. The summed E-state index contributed by atoms with van der Waals surface area (Å²) in [5, 5.41) is 15.2. The van der Waals surface area contributed by atoms with Gasteiger partial charge in [-0.1, -0.05) is 54.1 Å². The Labute approximate surface area is 213 Å². The normalized spacial score (nSPS) is 11.7. The molecule has 2 N–H and O–H groups in total. The molecule has 1 unspecified atom stereocenters. The minimum Gasteiger partial charge on any atom is -0.505 e. The fraction of sp³-hybridized carbons (Fsp3) is 0.0690. The maximum atomic E-state index is 12.9. The van der Waals surface area contributed by atoms with Gasteiger partial charge in [0.2, 0.25) is 0 Å². The molecule has 2 aromatic heterocycles. The standard InChI is InChI=1S/C29H22ClN3O3/c30-25-17-24(29(35)28-23(25)7-4-14-32-28)27(33-26(34)18-36-22-5-2-1-3-6-22)21-10-8-19(9-11-21)20-12-15-31-16-13-20/h1-17,27,35H,18H2,(H,33,34). The lowest BCUT2D eigenvalue weighted by atomic mass is 9.94. The number of para-hydroxylation sites is 1. The van der Waals surface area contributed by atoms with Gasteiger partial charge >= 0.3 is 0 Å². The van der Waals surface area contributed by atoms with Crippen LogP contribution in [0.1, 0.15) is 17.2 Å². The van der Waals surface area contributed by atoms with Gasteiger partial charge in [0, 0.05) is 29.5 Å². The second-order valence-electron chi connectivity index (χ2n) is 8.16. The van der Waals surface area contributed by atoms with E-state index in [0.29, 0.717) is 27.2 Å². The molecule has 36 heavy (non-hydrogen) atoms. The van der Waals surface area contributed by atoms with Crippen molar-refractivity contribution in [2.75, 3.05) is 6.61 Å². The molecule has 0 saturated heterocycles. The van der Waals surface area contributed by atoms with E-state index < -0.39 is 6.04 Å². The van der Waals surface area contributed by atoms with Crippen molar-refractivity contribution in [2.45, 2.75) is 6.04 Å². The van der Waals surface area contributed by atoms with E-state index in [0.717, 1.165) is 16.7 Å². The van der Waals surface area contributed by atoms with Crippen LogP contribution in [0.4, 0.5) is 0 Å². The molecule has 0 saturated carbocycles. The van der Waals surface area contributed by atoms with Gasteiger partial charge in [-0.25, -0.2) is 0 Å². The first-order chi connectivity index (χ1) is 17.6. The summed E-state index contributed by atoms with van der Waals surface area (Å²) in [6.45, 7) is -0.185. The molecular weight excluding hydrogens is 474 g/mol. The third-order valence-corrected chi connectivity index (χ3v) is 6.14. The van der Waals surface area contributed by atoms with Crippen molar-refractivity contribution in [3.8, 4) is 22.6 Å². The highest BCUT2D eigenvalue weighted by atomic mass is 35.5. The van der Waals surface area contributed by atoms with Gasteiger partial charge in [-0.15, -0.1) is 0 Å². The Morgan fingerprint density at radius 1 is 0.917 bits per heavy atom. The van der Waals surface area contributed by atoms with E-state index in [-0.39, 0.29) is 18.3 Å². The zero-order valence-electron chi connectivity index (χ0n) is 19.1. The molecule has 5 rings (SSSR count). The summed E-state index contributed by atoms with van der Waals surface area (Å²) in [7, 11) is 0. The maximum Gasteiger partial charge on any atom is 0.258 e. The van der Waals surface area contributed by atoms with E-state index in [1.165, 1.54) is 0 Å². The summed E-state index contributed by atoms with van der Waals surface area (Å²) in [6.07, 6.45) is 5.06. The topological polar surface area (TPSA) is 84.3 Å². The van der Waals surface area contributed by atoms with Crippen LogP contribution < -0.4 is 10.1 Å². The zero-order valence-corrected chi connectivity index (χ0v) is 19.9. The fourth-order valence-electron chi connectivity index (χ4n) is 4.05. The smallest absolute Gasteiger partial charge is 0.258 e. The molecule has 7 heteroatoms. The number of hydrogen-bond acceptors (Lipinski definition) is 5. The number of pyridine rings is 2. The molecule has 0 aliphatic carbocycles. The number of carbonyl (C=O) groups is 1. The number of carbonyl (C=O) groups excluding carboxylic acids is 1. The van der Waals surface area contributed by atoms with E-state index in [1.807, 2.05) is 54.6 Å². The van der Waals surface area contributed by atoms with Gasteiger partial charge in [0.15, 0.2) is 6.61 Å². The Kier molecular flexibility index (Phi) is 6.78. The molecule has 0 radical (unpaired) electrons. The summed E-state index contributed by atoms with van der Waals surface area (Å²) >= 11 is 6.55. The highest BCUT2D eigenvalue weighted by Crippen LogP contribution is 2.38. The lowest BCUT2D eigenvalue weighted by Gasteiger charge is -2.22. The number of aromatic hydroxyl groups is 1. The van der Waals surface area contributed by atoms with Gasteiger partial charge in [0.05, 0.1) is 11.1 Å². The van der Waals surface area contributed by atoms with Gasteiger partial charge in [-0.3, -0.25) is 14.8 Å². The van der Waals surface area contributed by atoms with Crippen LogP contribution in [0.25, 0.3) is 22.0 Å². The average molecular weight is 496 g/mol. The summed E-state index contributed by atoms with van der Waals surface area (Å²) in [5.41, 5.74) is 3.60. The fourth-order valence-corrected chi connectivity index (χ4v) is 4.32. The van der Waals surface area contributed by atoms with E-state index in [4.69, 9.17) is 16.3 Å². The van der Waals surface area contributed by atoms with Crippen LogP contribution in [0, 0.1) is 0 Å².